The van der Waals surface area contributed by atoms with Crippen LogP contribution in [0.1, 0.15) is 0 Å². The minimum Gasteiger partial charge on any atom is -0.489 e. The van der Waals surface area contributed by atoms with Gasteiger partial charge in [-0.3, -0.25) is 0 Å². The van der Waals surface area contributed by atoms with Crippen molar-refractivity contribution in [1.29, 1.82) is 0 Å². The monoisotopic (exact) mass is 256 g/mol. The van der Waals surface area contributed by atoms with Gasteiger partial charge in [0.2, 0.25) is 9.05 Å². The van der Waals surface area contributed by atoms with E-state index in [0.29, 0.717) is 0 Å². The fourth-order valence-corrected chi connectivity index (χ4v) is 1.31. The van der Waals surface area contributed by atoms with Crippen LogP contribution in [0.15, 0.2) is 18.2 Å². The van der Waals surface area contributed by atoms with Gasteiger partial charge in [0.1, 0.15) is 12.4 Å². The molecule has 0 amide bonds. The van der Waals surface area contributed by atoms with Crippen molar-refractivity contribution >= 4 is 19.7 Å². The first kappa shape index (κ1) is 12.2. The molecule has 0 saturated carbocycles. The maximum atomic E-state index is 12.9. The Morgan fingerprint density at radius 2 is 2.00 bits per heavy atom. The first-order valence-corrected chi connectivity index (χ1v) is 6.36. The average molecular weight is 257 g/mol. The zero-order chi connectivity index (χ0) is 11.5. The van der Waals surface area contributed by atoms with Crippen LogP contribution in [0.25, 0.3) is 0 Å². The molecule has 1 rings (SSSR count). The SMILES string of the molecule is O=S(=O)(Cl)CCOc1cc(F)ccc1F. The quantitative estimate of drug-likeness (QED) is 0.773. The summed E-state index contributed by atoms with van der Waals surface area (Å²) in [5, 5.41) is 0. The molecule has 0 bridgehead atoms. The van der Waals surface area contributed by atoms with Crippen molar-refractivity contribution in [2.45, 2.75) is 0 Å². The highest BCUT2D eigenvalue weighted by Crippen LogP contribution is 2.17. The van der Waals surface area contributed by atoms with Crippen LogP contribution >= 0.6 is 10.7 Å². The van der Waals surface area contributed by atoms with Gasteiger partial charge in [0.25, 0.3) is 0 Å². The van der Waals surface area contributed by atoms with E-state index in [9.17, 15) is 17.2 Å². The predicted molar refractivity (Wildman–Crippen MR) is 51.5 cm³/mol. The van der Waals surface area contributed by atoms with E-state index in [-0.39, 0.29) is 12.4 Å². The molecule has 0 saturated heterocycles. The number of benzene rings is 1. The Bertz CT molecular complexity index is 447. The van der Waals surface area contributed by atoms with Crippen LogP contribution in [0.4, 0.5) is 8.78 Å². The molecule has 0 fully saturated rings. The first-order chi connectivity index (χ1) is 6.88. The van der Waals surface area contributed by atoms with E-state index in [4.69, 9.17) is 15.4 Å². The molecule has 0 aliphatic heterocycles. The van der Waals surface area contributed by atoms with Crippen molar-refractivity contribution in [3.63, 3.8) is 0 Å². The molecule has 0 radical (unpaired) electrons. The van der Waals surface area contributed by atoms with Crippen LogP contribution in [0.2, 0.25) is 0 Å². The molecule has 1 aromatic rings. The number of rotatable bonds is 4. The standard InChI is InChI=1S/C8H7ClF2O3S/c9-15(12,13)4-3-14-8-5-6(10)1-2-7(8)11/h1-2,5H,3-4H2. The summed E-state index contributed by atoms with van der Waals surface area (Å²) in [5.74, 6) is -2.23. The highest BCUT2D eigenvalue weighted by molar-refractivity contribution is 8.13. The molecule has 0 spiro atoms. The minimum atomic E-state index is -3.69. The van der Waals surface area contributed by atoms with Crippen molar-refractivity contribution in [1.82, 2.24) is 0 Å². The van der Waals surface area contributed by atoms with Crippen molar-refractivity contribution in [3.8, 4) is 5.75 Å². The molecule has 3 nitrogen and oxygen atoms in total. The minimum absolute atomic E-state index is 0.327. The lowest BCUT2D eigenvalue weighted by molar-refractivity contribution is 0.320. The summed E-state index contributed by atoms with van der Waals surface area (Å²) in [5.41, 5.74) is 0. The molecule has 0 N–H and O–H groups in total. The third kappa shape index (κ3) is 4.44. The van der Waals surface area contributed by atoms with E-state index in [2.05, 4.69) is 0 Å². The van der Waals surface area contributed by atoms with E-state index in [1.807, 2.05) is 0 Å². The van der Waals surface area contributed by atoms with Crippen LogP contribution in [-0.4, -0.2) is 20.8 Å². The maximum absolute atomic E-state index is 12.9. The lowest BCUT2D eigenvalue weighted by atomic mass is 10.3. The third-order valence-electron chi connectivity index (χ3n) is 1.48. The number of halogens is 3. The summed E-state index contributed by atoms with van der Waals surface area (Å²) in [6.45, 7) is -0.327. The lowest BCUT2D eigenvalue weighted by Crippen LogP contribution is -2.09. The van der Waals surface area contributed by atoms with Crippen LogP contribution in [0, 0.1) is 11.6 Å². The maximum Gasteiger partial charge on any atom is 0.235 e. The van der Waals surface area contributed by atoms with Gasteiger partial charge >= 0.3 is 0 Å². The van der Waals surface area contributed by atoms with Crippen LogP contribution in [0.5, 0.6) is 5.75 Å². The van der Waals surface area contributed by atoms with Gasteiger partial charge in [-0.25, -0.2) is 17.2 Å². The Morgan fingerprint density at radius 3 is 2.60 bits per heavy atom. The second-order valence-corrected chi connectivity index (χ2v) is 5.56. The zero-order valence-corrected chi connectivity index (χ0v) is 8.99. The topological polar surface area (TPSA) is 43.4 Å². The average Bonchev–Trinajstić information content (AvgIpc) is 2.09. The molecular weight excluding hydrogens is 250 g/mol. The van der Waals surface area contributed by atoms with Gasteiger partial charge in [-0.1, -0.05) is 0 Å². The first-order valence-electron chi connectivity index (χ1n) is 3.89. The van der Waals surface area contributed by atoms with E-state index in [1.165, 1.54) is 0 Å². The number of hydrogen-bond acceptors (Lipinski definition) is 3. The molecular formula is C8H7ClF2O3S. The Morgan fingerprint density at radius 1 is 1.33 bits per heavy atom. The van der Waals surface area contributed by atoms with Gasteiger partial charge < -0.3 is 4.74 Å². The Labute approximate surface area is 90.0 Å². The van der Waals surface area contributed by atoms with Crippen LogP contribution < -0.4 is 4.74 Å². The van der Waals surface area contributed by atoms with Gasteiger partial charge in [0, 0.05) is 16.7 Å². The van der Waals surface area contributed by atoms with Gasteiger partial charge in [0.15, 0.2) is 11.6 Å². The van der Waals surface area contributed by atoms with Gasteiger partial charge in [-0.2, -0.15) is 0 Å². The van der Waals surface area contributed by atoms with E-state index in [1.54, 1.807) is 0 Å². The molecule has 0 aliphatic carbocycles. The van der Waals surface area contributed by atoms with Gasteiger partial charge in [-0.05, 0) is 12.1 Å². The third-order valence-corrected chi connectivity index (χ3v) is 2.60. The summed E-state index contributed by atoms with van der Waals surface area (Å²) < 4.78 is 51.2. The van der Waals surface area contributed by atoms with Crippen LogP contribution in [0.3, 0.4) is 0 Å². The predicted octanol–water partition coefficient (Wildman–Crippen LogP) is 1.91. The molecule has 0 unspecified atom stereocenters. The summed E-state index contributed by atoms with van der Waals surface area (Å²) in [6.07, 6.45) is 0. The Hall–Kier alpha value is -0.880. The second kappa shape index (κ2) is 4.76. The van der Waals surface area contributed by atoms with Crippen molar-refractivity contribution < 1.29 is 21.9 Å². The molecule has 0 heterocycles. The fraction of sp³-hybridized carbons (Fsp3) is 0.250. The van der Waals surface area contributed by atoms with Gasteiger partial charge in [-0.15, -0.1) is 0 Å². The van der Waals surface area contributed by atoms with Gasteiger partial charge in [0.05, 0.1) is 5.75 Å². The summed E-state index contributed by atoms with van der Waals surface area (Å²) in [4.78, 5) is 0. The largest absolute Gasteiger partial charge is 0.489 e. The molecule has 0 aliphatic rings. The second-order valence-electron chi connectivity index (χ2n) is 2.67. The fourth-order valence-electron chi connectivity index (χ4n) is 0.839. The summed E-state index contributed by atoms with van der Waals surface area (Å²) in [6, 6.07) is 2.65. The normalized spacial score (nSPS) is 11.4. The highest BCUT2D eigenvalue weighted by Gasteiger charge is 2.08. The molecule has 1 aromatic carbocycles. The van der Waals surface area contributed by atoms with Crippen molar-refractivity contribution in [2.75, 3.05) is 12.4 Å². The molecule has 7 heteroatoms. The molecule has 15 heavy (non-hydrogen) atoms. The Kier molecular flexibility index (Phi) is 3.87. The van der Waals surface area contributed by atoms with Crippen molar-refractivity contribution in [2.24, 2.45) is 0 Å². The number of hydrogen-bond donors (Lipinski definition) is 0. The van der Waals surface area contributed by atoms with E-state index < -0.39 is 26.4 Å². The summed E-state index contributed by atoms with van der Waals surface area (Å²) >= 11 is 0. The Balaban J connectivity index is 2.61. The highest BCUT2D eigenvalue weighted by atomic mass is 35.7. The van der Waals surface area contributed by atoms with E-state index >= 15 is 0 Å². The van der Waals surface area contributed by atoms with Crippen molar-refractivity contribution in [3.05, 3.63) is 29.8 Å². The molecule has 0 aromatic heterocycles. The van der Waals surface area contributed by atoms with E-state index in [0.717, 1.165) is 18.2 Å². The molecule has 84 valence electrons. The van der Waals surface area contributed by atoms with Crippen LogP contribution in [-0.2, 0) is 9.05 Å². The lowest BCUT2D eigenvalue weighted by Gasteiger charge is -2.05. The number of ether oxygens (including phenoxy) is 1. The zero-order valence-electron chi connectivity index (χ0n) is 7.41. The smallest absolute Gasteiger partial charge is 0.235 e. The summed E-state index contributed by atoms with van der Waals surface area (Å²) in [7, 11) is 1.21. The molecule has 0 atom stereocenters.